The van der Waals surface area contributed by atoms with E-state index in [1.54, 1.807) is 6.07 Å². The molecule has 3 nitrogen and oxygen atoms in total. The van der Waals surface area contributed by atoms with E-state index >= 15 is 0 Å². The zero-order valence-corrected chi connectivity index (χ0v) is 8.38. The van der Waals surface area contributed by atoms with Crippen LogP contribution in [0.25, 0.3) is 0 Å². The molecule has 1 atom stereocenters. The van der Waals surface area contributed by atoms with Gasteiger partial charge in [0, 0.05) is 0 Å². The van der Waals surface area contributed by atoms with Crippen LogP contribution in [0.5, 0.6) is 0 Å². The van der Waals surface area contributed by atoms with Gasteiger partial charge in [-0.15, -0.1) is 0 Å². The lowest BCUT2D eigenvalue weighted by atomic mass is 10.1. The molecule has 1 unspecified atom stereocenters. The van der Waals surface area contributed by atoms with E-state index in [9.17, 15) is 4.79 Å². The third-order valence-corrected chi connectivity index (χ3v) is 1.80. The van der Waals surface area contributed by atoms with Gasteiger partial charge in [-0.1, -0.05) is 26.7 Å². The first-order valence-corrected chi connectivity index (χ1v) is 4.73. The number of hydrogen-bond acceptors (Lipinski definition) is 3. The normalized spacial score (nSPS) is 11.8. The van der Waals surface area contributed by atoms with E-state index in [1.807, 2.05) is 0 Å². The summed E-state index contributed by atoms with van der Waals surface area (Å²) >= 11 is 0. The molecular formula is C10H17NO2. The fourth-order valence-electron chi connectivity index (χ4n) is 0.987. The van der Waals surface area contributed by atoms with Gasteiger partial charge in [0.05, 0.1) is 12.7 Å². The number of nitriles is 1. The zero-order valence-electron chi connectivity index (χ0n) is 8.38. The van der Waals surface area contributed by atoms with Gasteiger partial charge >= 0.3 is 5.97 Å². The van der Waals surface area contributed by atoms with Crippen LogP contribution in [0.3, 0.4) is 0 Å². The van der Waals surface area contributed by atoms with E-state index in [-0.39, 0.29) is 6.42 Å². The monoisotopic (exact) mass is 183 g/mol. The summed E-state index contributed by atoms with van der Waals surface area (Å²) in [4.78, 5) is 10.8. The van der Waals surface area contributed by atoms with Crippen LogP contribution in [0.1, 0.15) is 39.5 Å². The number of carbonyl (C=O) groups is 1. The Bertz CT molecular complexity index is 184. The number of nitrogens with zero attached hydrogens (tertiary/aromatic N) is 1. The van der Waals surface area contributed by atoms with Crippen LogP contribution in [0, 0.1) is 17.2 Å². The van der Waals surface area contributed by atoms with E-state index in [4.69, 9.17) is 10.00 Å². The molecule has 0 bridgehead atoms. The van der Waals surface area contributed by atoms with Gasteiger partial charge < -0.3 is 4.74 Å². The minimum absolute atomic E-state index is 0.138. The second-order valence-corrected chi connectivity index (χ2v) is 3.27. The van der Waals surface area contributed by atoms with Crippen LogP contribution >= 0.6 is 0 Å². The van der Waals surface area contributed by atoms with Crippen molar-refractivity contribution in [2.24, 2.45) is 5.92 Å². The lowest BCUT2D eigenvalue weighted by Gasteiger charge is -2.10. The second kappa shape index (κ2) is 7.60. The predicted molar refractivity (Wildman–Crippen MR) is 49.9 cm³/mol. The molecule has 0 radical (unpaired) electrons. The summed E-state index contributed by atoms with van der Waals surface area (Å²) in [6.45, 7) is 4.63. The highest BCUT2D eigenvalue weighted by molar-refractivity contribution is 5.71. The largest absolute Gasteiger partial charge is 0.465 e. The highest BCUT2D eigenvalue weighted by atomic mass is 16.5. The van der Waals surface area contributed by atoms with Crippen LogP contribution in [-0.2, 0) is 9.53 Å². The number of rotatable bonds is 6. The van der Waals surface area contributed by atoms with Gasteiger partial charge in [-0.25, -0.2) is 0 Å². The Kier molecular flexibility index (Phi) is 6.99. The average Bonchev–Trinajstić information content (AvgIpc) is 2.12. The molecule has 0 aromatic carbocycles. The van der Waals surface area contributed by atoms with E-state index in [0.717, 1.165) is 19.3 Å². The molecule has 0 aromatic heterocycles. The molecule has 0 saturated heterocycles. The van der Waals surface area contributed by atoms with Gasteiger partial charge in [0.2, 0.25) is 0 Å². The molecule has 3 heteroatoms. The first-order chi connectivity index (χ1) is 6.20. The highest BCUT2D eigenvalue weighted by Gasteiger charge is 2.05. The van der Waals surface area contributed by atoms with E-state index < -0.39 is 5.97 Å². The molecule has 0 spiro atoms. The molecule has 0 saturated carbocycles. The molecule has 0 N–H and O–H groups in total. The molecule has 0 amide bonds. The van der Waals surface area contributed by atoms with Gasteiger partial charge in [-0.2, -0.15) is 5.26 Å². The van der Waals surface area contributed by atoms with Crippen molar-refractivity contribution < 1.29 is 9.53 Å². The minimum Gasteiger partial charge on any atom is -0.465 e. The minimum atomic E-state index is -0.411. The molecule has 0 aliphatic rings. The second-order valence-electron chi connectivity index (χ2n) is 3.27. The summed E-state index contributed by atoms with van der Waals surface area (Å²) in [5.74, 6) is -0.00607. The standard InChI is InChI=1S/C10H17NO2/c1-3-4-5-9(2)8-13-10(12)6-7-11/h9H,3-6,8H2,1-2H3. The van der Waals surface area contributed by atoms with Crippen molar-refractivity contribution in [1.82, 2.24) is 0 Å². The summed E-state index contributed by atoms with van der Waals surface area (Å²) in [6.07, 6.45) is 3.27. The third kappa shape index (κ3) is 7.32. The first-order valence-electron chi connectivity index (χ1n) is 4.73. The van der Waals surface area contributed by atoms with E-state index in [1.165, 1.54) is 0 Å². The first kappa shape index (κ1) is 12.0. The Balaban J connectivity index is 3.41. The summed E-state index contributed by atoms with van der Waals surface area (Å²) in [5.41, 5.74) is 0. The quantitative estimate of drug-likeness (QED) is 0.593. The molecule has 0 aromatic rings. The van der Waals surface area contributed by atoms with Crippen LogP contribution in [0.2, 0.25) is 0 Å². The smallest absolute Gasteiger partial charge is 0.320 e. The number of unbranched alkanes of at least 4 members (excludes halogenated alkanes) is 1. The van der Waals surface area contributed by atoms with Gasteiger partial charge in [-0.3, -0.25) is 4.79 Å². The van der Waals surface area contributed by atoms with Crippen molar-refractivity contribution in [2.75, 3.05) is 6.61 Å². The Morgan fingerprint density at radius 2 is 2.31 bits per heavy atom. The Labute approximate surface area is 79.7 Å². The maximum absolute atomic E-state index is 10.8. The SMILES string of the molecule is CCCCC(C)COC(=O)CC#N. The van der Waals surface area contributed by atoms with Crippen molar-refractivity contribution in [2.45, 2.75) is 39.5 Å². The highest BCUT2D eigenvalue weighted by Crippen LogP contribution is 2.07. The maximum Gasteiger partial charge on any atom is 0.320 e. The van der Waals surface area contributed by atoms with Crippen LogP contribution in [0.4, 0.5) is 0 Å². The predicted octanol–water partition coefficient (Wildman–Crippen LogP) is 2.27. The van der Waals surface area contributed by atoms with Crippen LogP contribution < -0.4 is 0 Å². The molecule has 0 aliphatic heterocycles. The Morgan fingerprint density at radius 1 is 1.62 bits per heavy atom. The fraction of sp³-hybridized carbons (Fsp3) is 0.800. The Hall–Kier alpha value is -1.04. The molecule has 0 rings (SSSR count). The van der Waals surface area contributed by atoms with Gasteiger partial charge in [0.25, 0.3) is 0 Å². The summed E-state index contributed by atoms with van der Waals surface area (Å²) in [7, 11) is 0. The van der Waals surface area contributed by atoms with E-state index in [0.29, 0.717) is 12.5 Å². The zero-order chi connectivity index (χ0) is 10.1. The number of esters is 1. The van der Waals surface area contributed by atoms with Crippen LogP contribution in [-0.4, -0.2) is 12.6 Å². The molecule has 74 valence electrons. The summed E-state index contributed by atoms with van der Waals surface area (Å²) in [6, 6.07) is 1.76. The maximum atomic E-state index is 10.8. The Morgan fingerprint density at radius 3 is 2.85 bits per heavy atom. The summed E-state index contributed by atoms with van der Waals surface area (Å²) in [5, 5.41) is 8.19. The van der Waals surface area contributed by atoms with Crippen molar-refractivity contribution in [3.05, 3.63) is 0 Å². The number of ether oxygens (including phenoxy) is 1. The number of carbonyl (C=O) groups excluding carboxylic acids is 1. The van der Waals surface area contributed by atoms with Crippen LogP contribution in [0.15, 0.2) is 0 Å². The van der Waals surface area contributed by atoms with Crippen molar-refractivity contribution in [3.8, 4) is 6.07 Å². The van der Waals surface area contributed by atoms with Crippen molar-refractivity contribution in [3.63, 3.8) is 0 Å². The van der Waals surface area contributed by atoms with Crippen molar-refractivity contribution >= 4 is 5.97 Å². The van der Waals surface area contributed by atoms with Gasteiger partial charge in [0.1, 0.15) is 6.42 Å². The number of hydrogen-bond donors (Lipinski definition) is 0. The third-order valence-electron chi connectivity index (χ3n) is 1.80. The molecule has 0 fully saturated rings. The molecule has 0 heterocycles. The molecule has 0 aliphatic carbocycles. The molecule has 13 heavy (non-hydrogen) atoms. The topological polar surface area (TPSA) is 50.1 Å². The van der Waals surface area contributed by atoms with E-state index in [2.05, 4.69) is 13.8 Å². The van der Waals surface area contributed by atoms with Crippen molar-refractivity contribution in [1.29, 1.82) is 5.26 Å². The fourth-order valence-corrected chi connectivity index (χ4v) is 0.987. The lowest BCUT2D eigenvalue weighted by molar-refractivity contribution is -0.143. The average molecular weight is 183 g/mol. The van der Waals surface area contributed by atoms with Gasteiger partial charge in [0.15, 0.2) is 0 Å². The summed E-state index contributed by atoms with van der Waals surface area (Å²) < 4.78 is 4.88. The molecular weight excluding hydrogens is 166 g/mol. The van der Waals surface area contributed by atoms with Gasteiger partial charge in [-0.05, 0) is 12.3 Å². The lowest BCUT2D eigenvalue weighted by Crippen LogP contribution is -2.11.